The Morgan fingerprint density at radius 3 is 2.42 bits per heavy atom. The van der Waals surface area contributed by atoms with E-state index in [1.807, 2.05) is 41.5 Å². The molecule has 0 bridgehead atoms. The average molecular weight is 527 g/mol. The zero-order valence-corrected chi connectivity index (χ0v) is 23.4. The number of aliphatic hydroxyl groups excluding tert-OH is 2. The molecule has 4 heterocycles. The van der Waals surface area contributed by atoms with E-state index in [0.29, 0.717) is 41.2 Å². The van der Waals surface area contributed by atoms with Gasteiger partial charge in [0.15, 0.2) is 6.10 Å². The Bertz CT molecular complexity index is 1410. The molecular weight excluding hydrogens is 487 g/mol. The summed E-state index contributed by atoms with van der Waals surface area (Å²) in [5, 5.41) is 19.2. The maximum atomic E-state index is 14.6. The van der Waals surface area contributed by atoms with E-state index < -0.39 is 12.1 Å². The quantitative estimate of drug-likeness (QED) is 0.320. The molecule has 3 aromatic rings. The molecule has 2 atom stereocenters. The molecule has 0 spiro atoms. The highest BCUT2D eigenvalue weighted by Gasteiger charge is 2.36. The van der Waals surface area contributed by atoms with Crippen molar-refractivity contribution < 1.29 is 24.1 Å². The first-order chi connectivity index (χ1) is 18.3. The van der Waals surface area contributed by atoms with Crippen LogP contribution in [-0.4, -0.2) is 32.3 Å². The Hall–Kier alpha value is -3.10. The maximum Gasteiger partial charge on any atom is 0.340 e. The van der Waals surface area contributed by atoms with Gasteiger partial charge in [0.25, 0.3) is 5.56 Å². The highest BCUT2D eigenvalue weighted by atomic mass is 19.1. The van der Waals surface area contributed by atoms with Gasteiger partial charge in [-0.25, -0.2) is 14.2 Å². The number of fused-ring (bicyclic) bond motifs is 5. The second-order valence-corrected chi connectivity index (χ2v) is 9.24. The summed E-state index contributed by atoms with van der Waals surface area (Å²) in [7, 11) is 0. The van der Waals surface area contributed by atoms with Crippen molar-refractivity contribution >= 4 is 16.9 Å². The van der Waals surface area contributed by atoms with Gasteiger partial charge in [0, 0.05) is 29.2 Å². The van der Waals surface area contributed by atoms with Gasteiger partial charge in [-0.2, -0.15) is 0 Å². The van der Waals surface area contributed by atoms with Crippen molar-refractivity contribution in [1.82, 2.24) is 9.55 Å². The molecule has 8 heteroatoms. The smallest absolute Gasteiger partial charge is 0.340 e. The topological polar surface area (TPSA) is 102 Å². The molecule has 7 nitrogen and oxygen atoms in total. The van der Waals surface area contributed by atoms with E-state index in [1.54, 1.807) is 10.6 Å². The van der Waals surface area contributed by atoms with Crippen LogP contribution in [0.4, 0.5) is 4.39 Å². The molecule has 2 aliphatic heterocycles. The molecule has 0 radical (unpaired) electrons. The number of ether oxygens (including phenoxy) is 1. The fourth-order valence-corrected chi connectivity index (χ4v) is 5.33. The molecule has 1 aromatic carbocycles. The van der Waals surface area contributed by atoms with E-state index in [4.69, 9.17) is 14.8 Å². The summed E-state index contributed by atoms with van der Waals surface area (Å²) in [5.41, 5.74) is 5.84. The molecule has 3 aliphatic rings. The van der Waals surface area contributed by atoms with Gasteiger partial charge in [0.2, 0.25) is 0 Å². The van der Waals surface area contributed by atoms with E-state index >= 15 is 0 Å². The fourth-order valence-electron chi connectivity index (χ4n) is 5.33. The summed E-state index contributed by atoms with van der Waals surface area (Å²) in [5.74, 6) is -0.774. The second-order valence-electron chi connectivity index (χ2n) is 9.24. The molecule has 6 rings (SSSR count). The van der Waals surface area contributed by atoms with Gasteiger partial charge in [-0.15, -0.1) is 0 Å². The van der Waals surface area contributed by atoms with Gasteiger partial charge in [-0.3, -0.25) is 4.79 Å². The minimum absolute atomic E-state index is 0.145. The number of aliphatic hydroxyl groups is 2. The van der Waals surface area contributed by atoms with E-state index in [0.717, 1.165) is 41.3 Å². The Morgan fingerprint density at radius 2 is 1.79 bits per heavy atom. The van der Waals surface area contributed by atoms with Crippen molar-refractivity contribution in [1.29, 1.82) is 0 Å². The standard InChI is InChI=1S/C23H19FN2O4.C3H8O.2C2H6/c1-9-3-4-11-10(2)15(24)6-16-19(11)18(9)13-7-26-17(20(13)25-16)5-12-14(22(26)28)8-30-23(29)21(12)27;1-2-3-4;2*1-2/h5-6,9,21,27H,3-4,7-8H2,1-2H3;4H,2-3H2,1H3;2*1-2H3. The average Bonchev–Trinajstić information content (AvgIpc) is 3.31. The number of cyclic esters (lactones) is 1. The number of pyridine rings is 2. The van der Waals surface area contributed by atoms with Crippen LogP contribution >= 0.6 is 0 Å². The lowest BCUT2D eigenvalue weighted by Crippen LogP contribution is -2.32. The van der Waals surface area contributed by atoms with Gasteiger partial charge in [0.05, 0.1) is 29.0 Å². The number of aryl methyl sites for hydroxylation is 1. The molecule has 206 valence electrons. The molecular formula is C30H39FN2O5. The van der Waals surface area contributed by atoms with Crippen molar-refractivity contribution in [3.05, 3.63) is 61.7 Å². The van der Waals surface area contributed by atoms with Crippen LogP contribution < -0.4 is 5.56 Å². The van der Waals surface area contributed by atoms with Crippen LogP contribution in [0.15, 0.2) is 16.9 Å². The summed E-state index contributed by atoms with van der Waals surface area (Å²) < 4.78 is 21.2. The Balaban J connectivity index is 0.000000452. The van der Waals surface area contributed by atoms with Crippen molar-refractivity contribution in [2.24, 2.45) is 0 Å². The van der Waals surface area contributed by atoms with E-state index in [2.05, 4.69) is 6.92 Å². The molecule has 2 N–H and O–H groups in total. The third-order valence-corrected chi connectivity index (χ3v) is 7.16. The Labute approximate surface area is 223 Å². The number of nitrogens with zero attached hydrogens (tertiary/aromatic N) is 2. The number of halogens is 1. The molecule has 0 saturated carbocycles. The van der Waals surface area contributed by atoms with Gasteiger partial charge in [-0.1, -0.05) is 41.5 Å². The number of carbonyl (C=O) groups excluding carboxylic acids is 1. The Kier molecular flexibility index (Phi) is 9.44. The van der Waals surface area contributed by atoms with E-state index in [1.165, 1.54) is 6.07 Å². The third-order valence-electron chi connectivity index (χ3n) is 7.16. The van der Waals surface area contributed by atoms with Crippen molar-refractivity contribution in [2.45, 2.75) is 92.9 Å². The van der Waals surface area contributed by atoms with Crippen LogP contribution in [0.2, 0.25) is 0 Å². The fraction of sp³-hybridized carbons (Fsp3) is 0.500. The van der Waals surface area contributed by atoms with Crippen LogP contribution in [0.3, 0.4) is 0 Å². The molecule has 0 saturated heterocycles. The summed E-state index contributed by atoms with van der Waals surface area (Å²) in [4.78, 5) is 29.7. The number of carbonyl (C=O) groups is 1. The number of hydrogen-bond acceptors (Lipinski definition) is 6. The minimum Gasteiger partial charge on any atom is -0.458 e. The number of aromatic nitrogens is 2. The lowest BCUT2D eigenvalue weighted by Gasteiger charge is -2.26. The van der Waals surface area contributed by atoms with Gasteiger partial charge < -0.3 is 19.5 Å². The number of benzene rings is 1. The molecule has 0 fully saturated rings. The predicted octanol–water partition coefficient (Wildman–Crippen LogP) is 5.45. The molecule has 2 unspecified atom stereocenters. The van der Waals surface area contributed by atoms with Gasteiger partial charge in [0.1, 0.15) is 12.4 Å². The van der Waals surface area contributed by atoms with Crippen LogP contribution in [-0.2, 0) is 29.1 Å². The SMILES string of the molecule is CC.CC.CCCO.Cc1c(F)cc2nc3c(c4c2c1CCC4C)Cn1c-3cc2c(c1=O)COC(=O)C2O. The minimum atomic E-state index is -1.49. The summed E-state index contributed by atoms with van der Waals surface area (Å²) in [6.07, 6.45) is 1.11. The van der Waals surface area contributed by atoms with Crippen LogP contribution in [0.5, 0.6) is 0 Å². The first-order valence-corrected chi connectivity index (χ1v) is 13.6. The molecule has 2 aromatic heterocycles. The summed E-state index contributed by atoms with van der Waals surface area (Å²) >= 11 is 0. The van der Waals surface area contributed by atoms with Crippen LogP contribution in [0.25, 0.3) is 22.3 Å². The highest BCUT2D eigenvalue weighted by molar-refractivity contribution is 5.93. The largest absolute Gasteiger partial charge is 0.458 e. The highest BCUT2D eigenvalue weighted by Crippen LogP contribution is 2.45. The van der Waals surface area contributed by atoms with Crippen LogP contribution in [0.1, 0.15) is 99.8 Å². The predicted molar refractivity (Wildman–Crippen MR) is 147 cm³/mol. The summed E-state index contributed by atoms with van der Waals surface area (Å²) in [6.45, 7) is 14.4. The van der Waals surface area contributed by atoms with E-state index in [9.17, 15) is 19.1 Å². The monoisotopic (exact) mass is 526 g/mol. The number of esters is 1. The van der Waals surface area contributed by atoms with Crippen molar-refractivity contribution in [3.8, 4) is 11.4 Å². The zero-order valence-electron chi connectivity index (χ0n) is 23.4. The van der Waals surface area contributed by atoms with Crippen LogP contribution in [0, 0.1) is 12.7 Å². The number of hydrogen-bond donors (Lipinski definition) is 2. The lowest BCUT2D eigenvalue weighted by molar-refractivity contribution is -0.157. The first-order valence-electron chi connectivity index (χ1n) is 13.6. The molecule has 1 aliphatic carbocycles. The summed E-state index contributed by atoms with van der Waals surface area (Å²) in [6, 6.07) is 3.14. The van der Waals surface area contributed by atoms with Gasteiger partial charge in [-0.05, 0) is 54.9 Å². The first kappa shape index (κ1) is 29.5. The maximum absolute atomic E-state index is 14.6. The van der Waals surface area contributed by atoms with Crippen molar-refractivity contribution in [3.63, 3.8) is 0 Å². The Morgan fingerprint density at radius 1 is 1.13 bits per heavy atom. The molecule has 38 heavy (non-hydrogen) atoms. The molecule has 0 amide bonds. The van der Waals surface area contributed by atoms with Gasteiger partial charge >= 0.3 is 5.97 Å². The van der Waals surface area contributed by atoms with Crippen molar-refractivity contribution in [2.75, 3.05) is 6.61 Å². The number of rotatable bonds is 1. The second kappa shape index (κ2) is 12.2. The van der Waals surface area contributed by atoms with E-state index in [-0.39, 0.29) is 29.5 Å². The lowest BCUT2D eigenvalue weighted by atomic mass is 9.79. The zero-order chi connectivity index (χ0) is 28.3. The normalized spacial score (nSPS) is 17.9. The third kappa shape index (κ3) is 4.76.